The lowest BCUT2D eigenvalue weighted by molar-refractivity contribution is -0.126. The summed E-state index contributed by atoms with van der Waals surface area (Å²) in [5.41, 5.74) is 5.12. The molecule has 0 spiro atoms. The van der Waals surface area contributed by atoms with Gasteiger partial charge in [-0.1, -0.05) is 18.7 Å². The highest BCUT2D eigenvalue weighted by atomic mass is 32.1. The summed E-state index contributed by atoms with van der Waals surface area (Å²) < 4.78 is 37.1. The Morgan fingerprint density at radius 2 is 1.98 bits per heavy atom. The number of hydrogen-bond acceptors (Lipinski definition) is 6. The second kappa shape index (κ2) is 11.4. The van der Waals surface area contributed by atoms with Crippen molar-refractivity contribution in [2.45, 2.75) is 32.9 Å². The molecule has 214 valence electrons. The van der Waals surface area contributed by atoms with Crippen molar-refractivity contribution in [2.24, 2.45) is 0 Å². The number of nitrogens with zero attached hydrogens (tertiary/aromatic N) is 4. The highest BCUT2D eigenvalue weighted by Crippen LogP contribution is 2.47. The zero-order valence-corrected chi connectivity index (χ0v) is 24.3. The Kier molecular flexibility index (Phi) is 7.46. The lowest BCUT2D eigenvalue weighted by atomic mass is 9.93. The van der Waals surface area contributed by atoms with Crippen molar-refractivity contribution in [3.63, 3.8) is 0 Å². The second-order valence-electron chi connectivity index (χ2n) is 10.5. The average Bonchev–Trinajstić information content (AvgIpc) is 3.49. The molecule has 0 N–H and O–H groups in total. The Labute approximate surface area is 251 Å². The molecule has 6 nitrogen and oxygen atoms in total. The number of amides is 1. The molecular weight excluding hydrogens is 566 g/mol. The van der Waals surface area contributed by atoms with Crippen molar-refractivity contribution in [3.8, 4) is 45.5 Å². The van der Waals surface area contributed by atoms with E-state index in [2.05, 4.69) is 12.6 Å². The predicted molar refractivity (Wildman–Crippen MR) is 163 cm³/mol. The van der Waals surface area contributed by atoms with Crippen molar-refractivity contribution >= 4 is 27.3 Å². The molecule has 1 amide bonds. The fourth-order valence-corrected chi connectivity index (χ4v) is 6.38. The summed E-state index contributed by atoms with van der Waals surface area (Å²) in [6.07, 6.45) is 3.24. The van der Waals surface area contributed by atoms with Crippen LogP contribution >= 0.6 is 11.3 Å². The number of rotatable bonds is 6. The van der Waals surface area contributed by atoms with E-state index >= 15 is 4.39 Å². The van der Waals surface area contributed by atoms with Crippen LogP contribution in [0.4, 0.5) is 8.78 Å². The molecule has 43 heavy (non-hydrogen) atoms. The summed E-state index contributed by atoms with van der Waals surface area (Å²) in [7, 11) is 0. The number of halogens is 2. The third-order valence-corrected chi connectivity index (χ3v) is 8.24. The molecule has 0 fully saturated rings. The van der Waals surface area contributed by atoms with E-state index in [0.717, 1.165) is 33.0 Å². The number of nitriles is 1. The van der Waals surface area contributed by atoms with Gasteiger partial charge < -0.3 is 9.64 Å². The molecule has 5 aromatic rings. The van der Waals surface area contributed by atoms with Crippen LogP contribution in [0.3, 0.4) is 0 Å². The number of aromatic nitrogens is 2. The Balaban J connectivity index is 1.67. The summed E-state index contributed by atoms with van der Waals surface area (Å²) >= 11 is 1.41. The molecule has 0 atom stereocenters. The highest BCUT2D eigenvalue weighted by Gasteiger charge is 2.27. The van der Waals surface area contributed by atoms with E-state index in [4.69, 9.17) is 14.7 Å². The summed E-state index contributed by atoms with van der Waals surface area (Å²) in [6, 6.07) is 15.2. The Morgan fingerprint density at radius 1 is 1.14 bits per heavy atom. The fraction of sp³-hybridized carbons (Fsp3) is 0.176. The molecule has 0 saturated carbocycles. The summed E-state index contributed by atoms with van der Waals surface area (Å²) in [6.45, 7) is 8.08. The van der Waals surface area contributed by atoms with Gasteiger partial charge in [0.2, 0.25) is 5.91 Å². The lowest BCUT2D eigenvalue weighted by Gasteiger charge is -2.27. The first kappa shape index (κ1) is 28.2. The molecule has 0 bridgehead atoms. The molecule has 0 saturated heterocycles. The van der Waals surface area contributed by atoms with Crippen LogP contribution in [0.2, 0.25) is 0 Å². The van der Waals surface area contributed by atoms with Crippen molar-refractivity contribution in [1.82, 2.24) is 14.9 Å². The van der Waals surface area contributed by atoms with Gasteiger partial charge in [-0.05, 0) is 55.1 Å². The van der Waals surface area contributed by atoms with E-state index in [0.29, 0.717) is 47.6 Å². The van der Waals surface area contributed by atoms with Crippen molar-refractivity contribution in [2.75, 3.05) is 6.54 Å². The largest absolute Gasteiger partial charge is 0.490 e. The van der Waals surface area contributed by atoms with Crippen LogP contribution in [0.25, 0.3) is 43.7 Å². The molecule has 1 aliphatic heterocycles. The maximum atomic E-state index is 15.9. The number of carbonyl (C=O) groups excluding carboxylic acids is 1. The third kappa shape index (κ3) is 5.26. The van der Waals surface area contributed by atoms with Crippen molar-refractivity contribution in [1.29, 1.82) is 5.26 Å². The van der Waals surface area contributed by atoms with Gasteiger partial charge in [0.25, 0.3) is 0 Å². The molecule has 0 aliphatic carbocycles. The molecule has 0 unspecified atom stereocenters. The summed E-state index contributed by atoms with van der Waals surface area (Å²) in [5.74, 6) is -1.63. The molecule has 1 aliphatic rings. The number of hydrogen-bond donors (Lipinski definition) is 0. The molecule has 3 aromatic heterocycles. The SMILES string of the molecule is C=CC(=O)N1CCc2ncc(-c3nc(-c4cccc(C#N)c4)c4ccsc4c3-c3c(F)cc(F)cc3OC(C)C)cc2C1. The van der Waals surface area contributed by atoms with Gasteiger partial charge in [-0.25, -0.2) is 13.8 Å². The third-order valence-electron chi connectivity index (χ3n) is 7.30. The standard InChI is InChI=1S/C34H26F2N4O2S/c1-4-29(41)40-10-8-27-23(18-40)13-22(17-38-27)33-31(30-26(36)14-24(35)15-28(30)42-19(2)3)34-25(9-11-43-34)32(39-33)21-7-5-6-20(12-21)16-37/h4-7,9,11-15,17,19H,1,8,10,18H2,2-3H3. The zero-order valence-electron chi connectivity index (χ0n) is 23.5. The molecule has 6 rings (SSSR count). The van der Waals surface area contributed by atoms with Gasteiger partial charge in [-0.3, -0.25) is 9.78 Å². The topological polar surface area (TPSA) is 79.1 Å². The molecule has 4 heterocycles. The van der Waals surface area contributed by atoms with Crippen LogP contribution in [-0.2, 0) is 17.8 Å². The van der Waals surface area contributed by atoms with Crippen LogP contribution in [0.15, 0.2) is 72.8 Å². The molecule has 0 radical (unpaired) electrons. The van der Waals surface area contributed by atoms with Crippen LogP contribution in [-0.4, -0.2) is 33.4 Å². The first-order valence-electron chi connectivity index (χ1n) is 13.7. The molecule has 2 aromatic carbocycles. The van der Waals surface area contributed by atoms with Crippen molar-refractivity contribution in [3.05, 3.63) is 101 Å². The van der Waals surface area contributed by atoms with Crippen molar-refractivity contribution < 1.29 is 18.3 Å². The molecular formula is C34H26F2N4O2S. The summed E-state index contributed by atoms with van der Waals surface area (Å²) in [5, 5.41) is 12.2. The normalized spacial score (nSPS) is 12.7. The van der Waals surface area contributed by atoms with Crippen LogP contribution in [0.1, 0.15) is 30.7 Å². The fourth-order valence-electron chi connectivity index (χ4n) is 5.43. The lowest BCUT2D eigenvalue weighted by Crippen LogP contribution is -2.35. The van der Waals surface area contributed by atoms with E-state index in [-0.39, 0.29) is 23.3 Å². The average molecular weight is 593 g/mol. The first-order valence-corrected chi connectivity index (χ1v) is 14.6. The van der Waals surface area contributed by atoms with Gasteiger partial charge in [0, 0.05) is 70.3 Å². The van der Waals surface area contributed by atoms with Crippen LogP contribution in [0, 0.1) is 23.0 Å². The molecule has 9 heteroatoms. The smallest absolute Gasteiger partial charge is 0.246 e. The predicted octanol–water partition coefficient (Wildman–Crippen LogP) is 7.70. The van der Waals surface area contributed by atoms with Crippen LogP contribution < -0.4 is 4.74 Å². The number of thiophene rings is 1. The monoisotopic (exact) mass is 592 g/mol. The Bertz CT molecular complexity index is 1960. The quantitative estimate of drug-likeness (QED) is 0.189. The number of ether oxygens (including phenoxy) is 1. The number of pyridine rings is 2. The van der Waals surface area contributed by atoms with Gasteiger partial charge in [0.1, 0.15) is 17.4 Å². The first-order chi connectivity index (χ1) is 20.8. The minimum atomic E-state index is -0.777. The van der Waals surface area contributed by atoms with Gasteiger partial charge in [0.05, 0.1) is 34.7 Å². The maximum absolute atomic E-state index is 15.9. The number of fused-ring (bicyclic) bond motifs is 2. The van der Waals surface area contributed by atoms with Gasteiger partial charge >= 0.3 is 0 Å². The van der Waals surface area contributed by atoms with E-state index in [1.54, 1.807) is 43.1 Å². The minimum absolute atomic E-state index is 0.0677. The maximum Gasteiger partial charge on any atom is 0.246 e. The zero-order chi connectivity index (χ0) is 30.2. The van der Waals surface area contributed by atoms with Gasteiger partial charge in [-0.15, -0.1) is 11.3 Å². The van der Waals surface area contributed by atoms with Gasteiger partial charge in [-0.2, -0.15) is 5.26 Å². The van der Waals surface area contributed by atoms with E-state index in [1.807, 2.05) is 23.6 Å². The van der Waals surface area contributed by atoms with E-state index in [9.17, 15) is 14.4 Å². The highest BCUT2D eigenvalue weighted by molar-refractivity contribution is 7.18. The van der Waals surface area contributed by atoms with Crippen LogP contribution in [0.5, 0.6) is 5.75 Å². The minimum Gasteiger partial charge on any atom is -0.490 e. The van der Waals surface area contributed by atoms with E-state index < -0.39 is 11.6 Å². The number of carbonyl (C=O) groups is 1. The second-order valence-corrected chi connectivity index (χ2v) is 11.4. The summed E-state index contributed by atoms with van der Waals surface area (Å²) in [4.78, 5) is 23.9. The number of benzene rings is 2. The Morgan fingerprint density at radius 3 is 2.74 bits per heavy atom. The van der Waals surface area contributed by atoms with E-state index in [1.165, 1.54) is 23.5 Å². The van der Waals surface area contributed by atoms with Gasteiger partial charge in [0.15, 0.2) is 0 Å². The Hall–Kier alpha value is -4.94.